The van der Waals surface area contributed by atoms with E-state index in [4.69, 9.17) is 10.7 Å². The highest BCUT2D eigenvalue weighted by Crippen LogP contribution is 2.33. The third kappa shape index (κ3) is 2.14. The van der Waals surface area contributed by atoms with E-state index in [1.165, 1.54) is 18.4 Å². The minimum absolute atomic E-state index is 0.287. The maximum absolute atomic E-state index is 5.19. The third-order valence-electron chi connectivity index (χ3n) is 3.14. The lowest BCUT2D eigenvalue weighted by atomic mass is 9.83. The summed E-state index contributed by atoms with van der Waals surface area (Å²) >= 11 is 0. The molecule has 0 radical (unpaired) electrons. The van der Waals surface area contributed by atoms with Crippen molar-refractivity contribution in [1.29, 1.82) is 0 Å². The van der Waals surface area contributed by atoms with Gasteiger partial charge in [0.05, 0.1) is 6.10 Å². The van der Waals surface area contributed by atoms with E-state index in [-0.39, 0.29) is 6.10 Å². The Bertz CT molecular complexity index is 265. The van der Waals surface area contributed by atoms with Crippen molar-refractivity contribution in [3.63, 3.8) is 0 Å². The minimum atomic E-state index is 0.287. The fourth-order valence-electron chi connectivity index (χ4n) is 2.26. The molecule has 0 aliphatic heterocycles. The van der Waals surface area contributed by atoms with Crippen molar-refractivity contribution in [2.45, 2.75) is 37.7 Å². The molecule has 2 heteroatoms. The zero-order valence-corrected chi connectivity index (χ0v) is 8.36. The predicted molar refractivity (Wildman–Crippen MR) is 56.7 cm³/mol. The molecule has 1 aromatic carbocycles. The summed E-state index contributed by atoms with van der Waals surface area (Å²) in [5, 5.41) is 0. The lowest BCUT2D eigenvalue weighted by molar-refractivity contribution is 0.0240. The van der Waals surface area contributed by atoms with E-state index in [1.807, 2.05) is 0 Å². The summed E-state index contributed by atoms with van der Waals surface area (Å²) in [5.41, 5.74) is 1.46. The summed E-state index contributed by atoms with van der Waals surface area (Å²) in [6.45, 7) is 0. The Morgan fingerprint density at radius 2 is 1.64 bits per heavy atom. The molecule has 1 aliphatic carbocycles. The van der Waals surface area contributed by atoms with Gasteiger partial charge in [-0.2, -0.15) is 0 Å². The summed E-state index contributed by atoms with van der Waals surface area (Å²) in [6, 6.07) is 10.7. The average Bonchev–Trinajstić information content (AvgIpc) is 2.30. The molecule has 1 aliphatic rings. The summed E-state index contributed by atoms with van der Waals surface area (Å²) < 4.78 is 0. The largest absolute Gasteiger partial charge is 0.301 e. The Hall–Kier alpha value is -0.860. The predicted octanol–water partition coefficient (Wildman–Crippen LogP) is 2.60. The molecule has 0 bridgehead atoms. The zero-order chi connectivity index (χ0) is 9.80. The molecule has 14 heavy (non-hydrogen) atoms. The van der Waals surface area contributed by atoms with Gasteiger partial charge in [0.15, 0.2) is 0 Å². The number of hydrogen-bond donors (Lipinski definition) is 1. The first kappa shape index (κ1) is 9.69. The highest BCUT2D eigenvalue weighted by atomic mass is 16.6. The molecule has 0 amide bonds. The van der Waals surface area contributed by atoms with E-state index >= 15 is 0 Å². The summed E-state index contributed by atoms with van der Waals surface area (Å²) in [4.78, 5) is 4.88. The SMILES string of the molecule is NOC1CCC(c2ccccc2)CC1. The molecule has 0 unspecified atom stereocenters. The molecule has 1 saturated carbocycles. The van der Waals surface area contributed by atoms with Crippen LogP contribution in [0.15, 0.2) is 30.3 Å². The van der Waals surface area contributed by atoms with Gasteiger partial charge in [-0.05, 0) is 37.2 Å². The molecule has 0 atom stereocenters. The van der Waals surface area contributed by atoms with E-state index < -0.39 is 0 Å². The van der Waals surface area contributed by atoms with Crippen molar-refractivity contribution in [3.05, 3.63) is 35.9 Å². The molecule has 0 aromatic heterocycles. The van der Waals surface area contributed by atoms with E-state index in [1.54, 1.807) is 0 Å². The molecule has 2 rings (SSSR count). The van der Waals surface area contributed by atoms with Crippen molar-refractivity contribution in [3.8, 4) is 0 Å². The van der Waals surface area contributed by atoms with Gasteiger partial charge in [0.25, 0.3) is 0 Å². The van der Waals surface area contributed by atoms with Gasteiger partial charge in [-0.1, -0.05) is 30.3 Å². The maximum Gasteiger partial charge on any atom is 0.0787 e. The quantitative estimate of drug-likeness (QED) is 0.729. The van der Waals surface area contributed by atoms with Crippen molar-refractivity contribution < 1.29 is 4.84 Å². The van der Waals surface area contributed by atoms with Crippen LogP contribution in [-0.4, -0.2) is 6.10 Å². The molecule has 1 aromatic rings. The van der Waals surface area contributed by atoms with Crippen molar-refractivity contribution in [2.75, 3.05) is 0 Å². The molecule has 76 valence electrons. The molecular weight excluding hydrogens is 174 g/mol. The fourth-order valence-corrected chi connectivity index (χ4v) is 2.26. The van der Waals surface area contributed by atoms with Gasteiger partial charge in [-0.15, -0.1) is 0 Å². The lowest BCUT2D eigenvalue weighted by Gasteiger charge is -2.27. The van der Waals surface area contributed by atoms with E-state index in [2.05, 4.69) is 30.3 Å². The Morgan fingerprint density at radius 3 is 2.21 bits per heavy atom. The second-order valence-electron chi connectivity index (χ2n) is 4.02. The second-order valence-corrected chi connectivity index (χ2v) is 4.02. The normalized spacial score (nSPS) is 27.5. The molecule has 1 fully saturated rings. The molecule has 2 N–H and O–H groups in total. The molecule has 2 nitrogen and oxygen atoms in total. The van der Waals surface area contributed by atoms with Gasteiger partial charge in [-0.3, -0.25) is 0 Å². The Labute approximate surface area is 85.0 Å². The summed E-state index contributed by atoms with van der Waals surface area (Å²) in [6.07, 6.45) is 4.87. The van der Waals surface area contributed by atoms with E-state index in [0.29, 0.717) is 5.92 Å². The van der Waals surface area contributed by atoms with Crippen LogP contribution < -0.4 is 5.90 Å². The highest BCUT2D eigenvalue weighted by Gasteiger charge is 2.21. The summed E-state index contributed by atoms with van der Waals surface area (Å²) in [7, 11) is 0. The van der Waals surface area contributed by atoms with Crippen molar-refractivity contribution in [1.82, 2.24) is 0 Å². The molecular formula is C12H17NO. The first-order valence-corrected chi connectivity index (χ1v) is 5.30. The van der Waals surface area contributed by atoms with E-state index in [0.717, 1.165) is 12.8 Å². The number of rotatable bonds is 2. The smallest absolute Gasteiger partial charge is 0.0787 e. The lowest BCUT2D eigenvalue weighted by Crippen LogP contribution is -2.23. The van der Waals surface area contributed by atoms with Gasteiger partial charge < -0.3 is 4.84 Å². The first-order chi connectivity index (χ1) is 6.90. The number of nitrogens with two attached hydrogens (primary N) is 1. The van der Waals surface area contributed by atoms with Crippen LogP contribution in [0.1, 0.15) is 37.2 Å². The topological polar surface area (TPSA) is 35.2 Å². The monoisotopic (exact) mass is 191 g/mol. The van der Waals surface area contributed by atoms with Crippen LogP contribution in [0.3, 0.4) is 0 Å². The maximum atomic E-state index is 5.19. The fraction of sp³-hybridized carbons (Fsp3) is 0.500. The molecule has 0 heterocycles. The van der Waals surface area contributed by atoms with Crippen LogP contribution in [0.5, 0.6) is 0 Å². The summed E-state index contributed by atoms with van der Waals surface area (Å²) in [5.74, 6) is 5.90. The van der Waals surface area contributed by atoms with Crippen LogP contribution in [0, 0.1) is 0 Å². The van der Waals surface area contributed by atoms with Gasteiger partial charge in [0, 0.05) is 0 Å². The standard InChI is InChI=1S/C12H17NO/c13-14-12-8-6-11(7-9-12)10-4-2-1-3-5-10/h1-5,11-12H,6-9,13H2. The molecule has 0 spiro atoms. The number of hydrogen-bond acceptors (Lipinski definition) is 2. The van der Waals surface area contributed by atoms with Gasteiger partial charge >= 0.3 is 0 Å². The Kier molecular flexibility index (Phi) is 3.17. The highest BCUT2D eigenvalue weighted by molar-refractivity contribution is 5.19. The Morgan fingerprint density at radius 1 is 1.00 bits per heavy atom. The zero-order valence-electron chi connectivity index (χ0n) is 8.36. The Balaban J connectivity index is 1.96. The first-order valence-electron chi connectivity index (χ1n) is 5.30. The second kappa shape index (κ2) is 4.58. The van der Waals surface area contributed by atoms with Gasteiger partial charge in [-0.25, -0.2) is 5.90 Å². The molecule has 0 saturated heterocycles. The average molecular weight is 191 g/mol. The van der Waals surface area contributed by atoms with Crippen molar-refractivity contribution in [2.24, 2.45) is 5.90 Å². The van der Waals surface area contributed by atoms with Crippen LogP contribution in [0.2, 0.25) is 0 Å². The van der Waals surface area contributed by atoms with Crippen LogP contribution >= 0.6 is 0 Å². The third-order valence-corrected chi connectivity index (χ3v) is 3.14. The van der Waals surface area contributed by atoms with Crippen molar-refractivity contribution >= 4 is 0 Å². The van der Waals surface area contributed by atoms with E-state index in [9.17, 15) is 0 Å². The van der Waals surface area contributed by atoms with Crippen LogP contribution in [0.4, 0.5) is 0 Å². The number of benzene rings is 1. The van der Waals surface area contributed by atoms with Crippen LogP contribution in [0.25, 0.3) is 0 Å². The minimum Gasteiger partial charge on any atom is -0.301 e. The van der Waals surface area contributed by atoms with Crippen LogP contribution in [-0.2, 0) is 4.84 Å². The van der Waals surface area contributed by atoms with Gasteiger partial charge in [0.2, 0.25) is 0 Å². The van der Waals surface area contributed by atoms with Gasteiger partial charge in [0.1, 0.15) is 0 Å².